The second kappa shape index (κ2) is 4.73. The minimum absolute atomic E-state index is 0.0475. The molecule has 0 spiro atoms. The van der Waals surface area contributed by atoms with Gasteiger partial charge in [0.2, 0.25) is 0 Å². The number of hydrogen-bond donors (Lipinski definition) is 2. The smallest absolute Gasteiger partial charge is 0.409 e. The van der Waals surface area contributed by atoms with Crippen LogP contribution in [0.5, 0.6) is 0 Å². The number of anilines is 1. The zero-order valence-corrected chi connectivity index (χ0v) is 8.79. The SMILES string of the molecule is O=C(O)Nc1cnc(-n2nccn2)c(C(F)F)c1. The number of amides is 1. The molecule has 2 aromatic heterocycles. The van der Waals surface area contributed by atoms with E-state index in [9.17, 15) is 13.6 Å². The summed E-state index contributed by atoms with van der Waals surface area (Å²) in [5.41, 5.74) is -0.508. The van der Waals surface area contributed by atoms with E-state index in [-0.39, 0.29) is 11.5 Å². The van der Waals surface area contributed by atoms with Gasteiger partial charge in [-0.2, -0.15) is 10.2 Å². The van der Waals surface area contributed by atoms with Crippen molar-refractivity contribution in [2.75, 3.05) is 5.32 Å². The molecule has 0 aliphatic heterocycles. The van der Waals surface area contributed by atoms with Gasteiger partial charge in [-0.1, -0.05) is 0 Å². The highest BCUT2D eigenvalue weighted by Gasteiger charge is 2.18. The number of nitrogens with one attached hydrogen (secondary N) is 1. The monoisotopic (exact) mass is 255 g/mol. The second-order valence-electron chi connectivity index (χ2n) is 3.19. The number of pyridine rings is 1. The summed E-state index contributed by atoms with van der Waals surface area (Å²) in [6, 6.07) is 0.991. The summed E-state index contributed by atoms with van der Waals surface area (Å²) in [6.45, 7) is 0. The molecule has 0 unspecified atom stereocenters. The van der Waals surface area contributed by atoms with Crippen LogP contribution < -0.4 is 5.32 Å². The van der Waals surface area contributed by atoms with Crippen molar-refractivity contribution in [1.29, 1.82) is 0 Å². The summed E-state index contributed by atoms with van der Waals surface area (Å²) in [5, 5.41) is 17.8. The molecule has 0 saturated carbocycles. The zero-order chi connectivity index (χ0) is 13.1. The first-order valence-corrected chi connectivity index (χ1v) is 4.72. The van der Waals surface area contributed by atoms with Crippen LogP contribution in [0.1, 0.15) is 12.0 Å². The van der Waals surface area contributed by atoms with Crippen LogP contribution in [-0.4, -0.2) is 31.2 Å². The molecule has 2 rings (SSSR count). The molecule has 0 fully saturated rings. The van der Waals surface area contributed by atoms with Crippen LogP contribution in [0.4, 0.5) is 19.3 Å². The van der Waals surface area contributed by atoms with Crippen molar-refractivity contribution in [2.24, 2.45) is 0 Å². The lowest BCUT2D eigenvalue weighted by molar-refractivity contribution is 0.150. The van der Waals surface area contributed by atoms with Gasteiger partial charge in [0.1, 0.15) is 0 Å². The summed E-state index contributed by atoms with van der Waals surface area (Å²) in [4.78, 5) is 15.1. The van der Waals surface area contributed by atoms with Crippen molar-refractivity contribution < 1.29 is 18.7 Å². The van der Waals surface area contributed by atoms with Gasteiger partial charge in [-0.15, -0.1) is 4.80 Å². The van der Waals surface area contributed by atoms with E-state index in [4.69, 9.17) is 5.11 Å². The molecule has 0 aliphatic carbocycles. The third-order valence-corrected chi connectivity index (χ3v) is 1.99. The molecule has 9 heteroatoms. The zero-order valence-electron chi connectivity index (χ0n) is 8.79. The number of halogens is 2. The van der Waals surface area contributed by atoms with Gasteiger partial charge in [0.05, 0.1) is 29.8 Å². The Morgan fingerprint density at radius 2 is 2.06 bits per heavy atom. The number of nitrogens with zero attached hydrogens (tertiary/aromatic N) is 4. The van der Waals surface area contributed by atoms with E-state index in [2.05, 4.69) is 15.2 Å². The molecular formula is C9H7F2N5O2. The van der Waals surface area contributed by atoms with E-state index in [1.54, 1.807) is 0 Å². The van der Waals surface area contributed by atoms with E-state index in [1.165, 1.54) is 12.4 Å². The summed E-state index contributed by atoms with van der Waals surface area (Å²) in [5.74, 6) is -0.147. The molecule has 94 valence electrons. The lowest BCUT2D eigenvalue weighted by Gasteiger charge is -2.08. The Hall–Kier alpha value is -2.58. The Labute approximate surface area is 99.1 Å². The molecule has 1 amide bonds. The van der Waals surface area contributed by atoms with E-state index >= 15 is 0 Å². The highest BCUT2D eigenvalue weighted by atomic mass is 19.3. The topological polar surface area (TPSA) is 92.9 Å². The molecule has 0 radical (unpaired) electrons. The second-order valence-corrected chi connectivity index (χ2v) is 3.19. The lowest BCUT2D eigenvalue weighted by atomic mass is 10.2. The van der Waals surface area contributed by atoms with Crippen LogP contribution in [0.3, 0.4) is 0 Å². The molecular weight excluding hydrogens is 248 g/mol. The number of rotatable bonds is 3. The quantitative estimate of drug-likeness (QED) is 0.870. The first-order chi connectivity index (χ1) is 8.58. The summed E-state index contributed by atoms with van der Waals surface area (Å²) in [6.07, 6.45) is -0.435. The largest absolute Gasteiger partial charge is 0.465 e. The maximum Gasteiger partial charge on any atom is 0.409 e. The van der Waals surface area contributed by atoms with Crippen molar-refractivity contribution in [2.45, 2.75) is 6.43 Å². The van der Waals surface area contributed by atoms with Crippen LogP contribution in [-0.2, 0) is 0 Å². The van der Waals surface area contributed by atoms with Gasteiger partial charge >= 0.3 is 6.09 Å². The summed E-state index contributed by atoms with van der Waals surface area (Å²) < 4.78 is 25.7. The molecule has 0 atom stereocenters. The third-order valence-electron chi connectivity index (χ3n) is 1.99. The predicted octanol–water partition coefficient (Wildman–Crippen LogP) is 1.69. The molecule has 7 nitrogen and oxygen atoms in total. The molecule has 0 aromatic carbocycles. The van der Waals surface area contributed by atoms with Crippen LogP contribution in [0.15, 0.2) is 24.7 Å². The lowest BCUT2D eigenvalue weighted by Crippen LogP contribution is -2.11. The van der Waals surface area contributed by atoms with Crippen LogP contribution in [0.2, 0.25) is 0 Å². The van der Waals surface area contributed by atoms with Crippen molar-refractivity contribution in [3.63, 3.8) is 0 Å². The maximum absolute atomic E-state index is 12.9. The first-order valence-electron chi connectivity index (χ1n) is 4.72. The fraction of sp³-hybridized carbons (Fsp3) is 0.111. The first kappa shape index (κ1) is 11.9. The van der Waals surface area contributed by atoms with Crippen molar-refractivity contribution in [3.05, 3.63) is 30.2 Å². The standard InChI is InChI=1S/C9H7F2N5O2/c10-7(11)6-3-5(15-9(17)18)4-12-8(6)16-13-1-2-14-16/h1-4,7,15H,(H,17,18). The van der Waals surface area contributed by atoms with Gasteiger partial charge in [-0.3, -0.25) is 5.32 Å². The minimum atomic E-state index is -2.82. The Kier molecular flexibility index (Phi) is 3.13. The summed E-state index contributed by atoms with van der Waals surface area (Å²) in [7, 11) is 0. The molecule has 2 aromatic rings. The maximum atomic E-state index is 12.9. The Morgan fingerprint density at radius 3 is 2.61 bits per heavy atom. The highest BCUT2D eigenvalue weighted by Crippen LogP contribution is 2.26. The van der Waals surface area contributed by atoms with E-state index in [0.29, 0.717) is 0 Å². The van der Waals surface area contributed by atoms with Crippen molar-refractivity contribution >= 4 is 11.8 Å². The Morgan fingerprint density at radius 1 is 1.39 bits per heavy atom. The number of alkyl halides is 2. The van der Waals surface area contributed by atoms with Crippen LogP contribution in [0, 0.1) is 0 Å². The molecule has 2 heterocycles. The number of aromatic nitrogens is 4. The van der Waals surface area contributed by atoms with Gasteiger partial charge in [0.15, 0.2) is 5.82 Å². The normalized spacial score (nSPS) is 10.6. The number of carbonyl (C=O) groups is 1. The van der Waals surface area contributed by atoms with E-state index < -0.39 is 18.1 Å². The van der Waals surface area contributed by atoms with Crippen molar-refractivity contribution in [1.82, 2.24) is 20.0 Å². The minimum Gasteiger partial charge on any atom is -0.465 e. The highest BCUT2D eigenvalue weighted by molar-refractivity contribution is 5.82. The molecule has 2 N–H and O–H groups in total. The molecule has 0 saturated heterocycles. The van der Waals surface area contributed by atoms with Crippen LogP contribution in [0.25, 0.3) is 5.82 Å². The Balaban J connectivity index is 2.45. The fourth-order valence-corrected chi connectivity index (χ4v) is 1.32. The molecule has 0 aliphatic rings. The van der Waals surface area contributed by atoms with Crippen LogP contribution >= 0.6 is 0 Å². The Bertz CT molecular complexity index is 558. The van der Waals surface area contributed by atoms with E-state index in [1.807, 2.05) is 5.32 Å². The van der Waals surface area contributed by atoms with Gasteiger partial charge < -0.3 is 5.11 Å². The van der Waals surface area contributed by atoms with Gasteiger partial charge in [0.25, 0.3) is 6.43 Å². The number of carboxylic acid groups (broad SMARTS) is 1. The van der Waals surface area contributed by atoms with Gasteiger partial charge in [-0.25, -0.2) is 18.6 Å². The molecule has 18 heavy (non-hydrogen) atoms. The molecule has 0 bridgehead atoms. The average molecular weight is 255 g/mol. The van der Waals surface area contributed by atoms with Gasteiger partial charge in [-0.05, 0) is 6.07 Å². The van der Waals surface area contributed by atoms with Crippen molar-refractivity contribution in [3.8, 4) is 5.82 Å². The van der Waals surface area contributed by atoms with E-state index in [0.717, 1.165) is 17.1 Å². The number of hydrogen-bond acceptors (Lipinski definition) is 4. The summed E-state index contributed by atoms with van der Waals surface area (Å²) >= 11 is 0. The average Bonchev–Trinajstić information content (AvgIpc) is 2.81. The predicted molar refractivity (Wildman–Crippen MR) is 55.8 cm³/mol. The third kappa shape index (κ3) is 2.39. The fourth-order valence-electron chi connectivity index (χ4n) is 1.32. The van der Waals surface area contributed by atoms with Gasteiger partial charge in [0, 0.05) is 0 Å².